The van der Waals surface area contributed by atoms with Gasteiger partial charge in [-0.05, 0) is 18.3 Å². The molecule has 0 bridgehead atoms. The fourth-order valence-corrected chi connectivity index (χ4v) is 2.74. The minimum absolute atomic E-state index is 0.0678. The molecule has 5 atom stereocenters. The lowest BCUT2D eigenvalue weighted by atomic mass is 9.94. The van der Waals surface area contributed by atoms with Crippen LogP contribution in [0.4, 0.5) is 0 Å². The maximum atomic E-state index is 12.8. The molecular weight excluding hydrogens is 346 g/mol. The third-order valence-electron chi connectivity index (χ3n) is 5.01. The molecule has 0 aromatic rings. The van der Waals surface area contributed by atoms with Crippen LogP contribution in [0.5, 0.6) is 0 Å². The highest BCUT2D eigenvalue weighted by molar-refractivity contribution is 5.92. The quantitative estimate of drug-likeness (QED) is 0.423. The van der Waals surface area contributed by atoms with Crippen molar-refractivity contribution in [2.75, 3.05) is 0 Å². The number of amides is 3. The molecule has 0 saturated carbocycles. The van der Waals surface area contributed by atoms with E-state index in [1.54, 1.807) is 0 Å². The number of aldehydes is 1. The van der Waals surface area contributed by atoms with Crippen LogP contribution in [-0.4, -0.2) is 42.1 Å². The van der Waals surface area contributed by atoms with E-state index in [0.29, 0.717) is 19.3 Å². The lowest BCUT2D eigenvalue weighted by Gasteiger charge is -2.29. The maximum absolute atomic E-state index is 12.8. The molecule has 0 heterocycles. The fourth-order valence-electron chi connectivity index (χ4n) is 2.74. The van der Waals surface area contributed by atoms with E-state index in [9.17, 15) is 19.2 Å². The van der Waals surface area contributed by atoms with Gasteiger partial charge in [-0.1, -0.05) is 60.3 Å². The summed E-state index contributed by atoms with van der Waals surface area (Å²) in [4.78, 5) is 48.2. The number of hydrogen-bond acceptors (Lipinski definition) is 4. The van der Waals surface area contributed by atoms with Crippen LogP contribution in [0.1, 0.15) is 73.6 Å². The van der Waals surface area contributed by atoms with Gasteiger partial charge in [0.2, 0.25) is 17.7 Å². The summed E-state index contributed by atoms with van der Waals surface area (Å²) in [6.07, 6.45) is 4.48. The van der Waals surface area contributed by atoms with Crippen LogP contribution in [0, 0.1) is 11.8 Å². The first-order valence-corrected chi connectivity index (χ1v) is 10.0. The third kappa shape index (κ3) is 9.02. The highest BCUT2D eigenvalue weighted by Gasteiger charge is 2.32. The average molecular weight is 384 g/mol. The van der Waals surface area contributed by atoms with Gasteiger partial charge in [0.25, 0.3) is 0 Å². The summed E-state index contributed by atoms with van der Waals surface area (Å²) in [7, 11) is 0. The molecule has 7 heteroatoms. The second-order valence-electron chi connectivity index (χ2n) is 7.33. The van der Waals surface area contributed by atoms with Crippen molar-refractivity contribution < 1.29 is 19.2 Å². The predicted octanol–water partition coefficient (Wildman–Crippen LogP) is 1.94. The van der Waals surface area contributed by atoms with Crippen molar-refractivity contribution in [2.45, 2.75) is 91.8 Å². The van der Waals surface area contributed by atoms with Gasteiger partial charge in [-0.2, -0.15) is 0 Å². The molecule has 3 amide bonds. The van der Waals surface area contributed by atoms with E-state index in [4.69, 9.17) is 0 Å². The molecule has 0 aliphatic carbocycles. The largest absolute Gasteiger partial charge is 0.345 e. The van der Waals surface area contributed by atoms with Crippen molar-refractivity contribution in [1.29, 1.82) is 0 Å². The van der Waals surface area contributed by atoms with Gasteiger partial charge in [-0.3, -0.25) is 14.4 Å². The summed E-state index contributed by atoms with van der Waals surface area (Å²) < 4.78 is 0. The maximum Gasteiger partial charge on any atom is 0.243 e. The first kappa shape index (κ1) is 25.1. The van der Waals surface area contributed by atoms with Gasteiger partial charge in [0, 0.05) is 6.92 Å². The molecule has 27 heavy (non-hydrogen) atoms. The van der Waals surface area contributed by atoms with Gasteiger partial charge in [-0.15, -0.1) is 0 Å². The summed E-state index contributed by atoms with van der Waals surface area (Å²) in [5.41, 5.74) is 0. The topological polar surface area (TPSA) is 104 Å². The monoisotopic (exact) mass is 383 g/mol. The van der Waals surface area contributed by atoms with Crippen molar-refractivity contribution in [1.82, 2.24) is 16.0 Å². The van der Waals surface area contributed by atoms with E-state index in [1.165, 1.54) is 6.92 Å². The van der Waals surface area contributed by atoms with Crippen molar-refractivity contribution in [2.24, 2.45) is 11.8 Å². The summed E-state index contributed by atoms with van der Waals surface area (Å²) in [6.45, 7) is 11.0. The summed E-state index contributed by atoms with van der Waals surface area (Å²) >= 11 is 0. The van der Waals surface area contributed by atoms with Gasteiger partial charge >= 0.3 is 0 Å². The highest BCUT2D eigenvalue weighted by Crippen LogP contribution is 2.12. The predicted molar refractivity (Wildman–Crippen MR) is 106 cm³/mol. The molecule has 5 unspecified atom stereocenters. The van der Waals surface area contributed by atoms with Crippen molar-refractivity contribution in [3.63, 3.8) is 0 Å². The zero-order valence-electron chi connectivity index (χ0n) is 17.6. The Hall–Kier alpha value is -1.92. The molecule has 0 rings (SSSR count). The Morgan fingerprint density at radius 2 is 1.33 bits per heavy atom. The number of hydrogen-bond donors (Lipinski definition) is 3. The molecule has 3 N–H and O–H groups in total. The van der Waals surface area contributed by atoms with Crippen LogP contribution >= 0.6 is 0 Å². The lowest BCUT2D eigenvalue weighted by Crippen LogP contribution is -2.58. The van der Waals surface area contributed by atoms with Crippen molar-refractivity contribution >= 4 is 24.0 Å². The minimum atomic E-state index is -0.758. The molecule has 0 spiro atoms. The molecule has 0 aliphatic heterocycles. The van der Waals surface area contributed by atoms with E-state index in [0.717, 1.165) is 19.1 Å². The first-order chi connectivity index (χ1) is 12.7. The van der Waals surface area contributed by atoms with Crippen LogP contribution < -0.4 is 16.0 Å². The molecule has 0 aliphatic rings. The second kappa shape index (κ2) is 13.3. The molecule has 0 radical (unpaired) electrons. The lowest BCUT2D eigenvalue weighted by molar-refractivity contribution is -0.134. The first-order valence-electron chi connectivity index (χ1n) is 10.0. The number of rotatable bonds is 13. The van der Waals surface area contributed by atoms with Crippen LogP contribution in [0.3, 0.4) is 0 Å². The molecule has 0 fully saturated rings. The van der Waals surface area contributed by atoms with Gasteiger partial charge in [0.05, 0.1) is 6.04 Å². The summed E-state index contributed by atoms with van der Waals surface area (Å²) in [6, 6.07) is -2.01. The Balaban J connectivity index is 5.26. The molecule has 0 aromatic heterocycles. The van der Waals surface area contributed by atoms with E-state index >= 15 is 0 Å². The Bertz CT molecular complexity index is 496. The Morgan fingerprint density at radius 3 is 1.74 bits per heavy atom. The Kier molecular flexibility index (Phi) is 12.3. The highest BCUT2D eigenvalue weighted by atomic mass is 16.2. The molecule has 0 aromatic carbocycles. The normalized spacial score (nSPS) is 16.4. The standard InChI is InChI=1S/C20H37N3O4/c1-7-10-11-16(12-24)22-19(26)18(14(5)9-3)23-20(27)17(13(4)8-2)21-15(6)25/h12-14,16-18H,7-11H2,1-6H3,(H,21,25)(H,22,26)(H,23,27). The Morgan fingerprint density at radius 1 is 0.852 bits per heavy atom. The zero-order chi connectivity index (χ0) is 21.0. The smallest absolute Gasteiger partial charge is 0.243 e. The number of carbonyl (C=O) groups excluding carboxylic acids is 4. The Labute approximate surface area is 163 Å². The van der Waals surface area contributed by atoms with Gasteiger partial charge in [0.15, 0.2) is 0 Å². The van der Waals surface area contributed by atoms with Crippen LogP contribution in [0.15, 0.2) is 0 Å². The summed E-state index contributed by atoms with van der Waals surface area (Å²) in [5.74, 6) is -1.21. The summed E-state index contributed by atoms with van der Waals surface area (Å²) in [5, 5.41) is 8.20. The average Bonchev–Trinajstić information content (AvgIpc) is 2.65. The molecule has 7 nitrogen and oxygen atoms in total. The molecule has 0 saturated heterocycles. The number of nitrogens with one attached hydrogen (secondary N) is 3. The second-order valence-corrected chi connectivity index (χ2v) is 7.33. The zero-order valence-corrected chi connectivity index (χ0v) is 17.6. The van der Waals surface area contributed by atoms with E-state index < -0.39 is 18.1 Å². The minimum Gasteiger partial charge on any atom is -0.345 e. The fraction of sp³-hybridized carbons (Fsp3) is 0.800. The van der Waals surface area contributed by atoms with E-state index in [1.807, 2.05) is 34.6 Å². The molecular formula is C20H37N3O4. The van der Waals surface area contributed by atoms with Crippen molar-refractivity contribution in [3.05, 3.63) is 0 Å². The van der Waals surface area contributed by atoms with Gasteiger partial charge in [0.1, 0.15) is 18.4 Å². The molecule has 156 valence electrons. The number of unbranched alkanes of at least 4 members (excludes halogenated alkanes) is 1. The number of carbonyl (C=O) groups is 4. The van der Waals surface area contributed by atoms with E-state index in [2.05, 4.69) is 16.0 Å². The van der Waals surface area contributed by atoms with E-state index in [-0.39, 0.29) is 29.6 Å². The van der Waals surface area contributed by atoms with Crippen molar-refractivity contribution in [3.8, 4) is 0 Å². The SMILES string of the molecule is CCCCC(C=O)NC(=O)C(NC(=O)C(NC(C)=O)C(C)CC)C(C)CC. The van der Waals surface area contributed by atoms with Crippen LogP contribution in [0.25, 0.3) is 0 Å². The van der Waals surface area contributed by atoms with Crippen LogP contribution in [0.2, 0.25) is 0 Å². The van der Waals surface area contributed by atoms with Gasteiger partial charge < -0.3 is 20.7 Å². The van der Waals surface area contributed by atoms with Crippen LogP contribution in [-0.2, 0) is 19.2 Å². The third-order valence-corrected chi connectivity index (χ3v) is 5.01. The van der Waals surface area contributed by atoms with Gasteiger partial charge in [-0.25, -0.2) is 0 Å².